The first kappa shape index (κ1) is 18.1. The highest BCUT2D eigenvalue weighted by molar-refractivity contribution is 7.14. The average molecular weight is 366 g/mol. The van der Waals surface area contributed by atoms with E-state index >= 15 is 0 Å². The Morgan fingerprint density at radius 1 is 1.12 bits per heavy atom. The first-order valence-corrected chi connectivity index (χ1v) is 9.21. The SMILES string of the molecule is COC(=O)c1sc(Cc2cc(C)c(N)cc2C)nc1-c1ccc(C)cc1. The van der Waals surface area contributed by atoms with Gasteiger partial charge in [-0.15, -0.1) is 11.3 Å². The van der Waals surface area contributed by atoms with E-state index in [0.29, 0.717) is 17.0 Å². The molecule has 3 aromatic rings. The number of nitrogens with zero attached hydrogens (tertiary/aromatic N) is 1. The van der Waals surface area contributed by atoms with Crippen molar-refractivity contribution in [3.63, 3.8) is 0 Å². The van der Waals surface area contributed by atoms with Crippen LogP contribution in [0, 0.1) is 20.8 Å². The molecule has 0 aliphatic heterocycles. The molecule has 2 N–H and O–H groups in total. The minimum absolute atomic E-state index is 0.352. The number of carbonyl (C=O) groups is 1. The van der Waals surface area contributed by atoms with Gasteiger partial charge in [0.05, 0.1) is 17.8 Å². The lowest BCUT2D eigenvalue weighted by Crippen LogP contribution is -2.00. The van der Waals surface area contributed by atoms with Gasteiger partial charge in [-0.25, -0.2) is 9.78 Å². The summed E-state index contributed by atoms with van der Waals surface area (Å²) in [6, 6.07) is 12.1. The monoisotopic (exact) mass is 366 g/mol. The molecule has 4 nitrogen and oxygen atoms in total. The van der Waals surface area contributed by atoms with Crippen molar-refractivity contribution in [2.45, 2.75) is 27.2 Å². The highest BCUT2D eigenvalue weighted by Gasteiger charge is 2.20. The van der Waals surface area contributed by atoms with Gasteiger partial charge in [0, 0.05) is 17.7 Å². The Morgan fingerprint density at radius 2 is 1.81 bits per heavy atom. The molecule has 0 radical (unpaired) electrons. The molecule has 0 fully saturated rings. The number of hydrogen-bond donors (Lipinski definition) is 1. The quantitative estimate of drug-likeness (QED) is 0.537. The van der Waals surface area contributed by atoms with E-state index in [1.165, 1.54) is 18.4 Å². The molecule has 0 unspecified atom stereocenters. The maximum Gasteiger partial charge on any atom is 0.350 e. The second-order valence-electron chi connectivity index (χ2n) is 6.45. The molecule has 134 valence electrons. The summed E-state index contributed by atoms with van der Waals surface area (Å²) in [4.78, 5) is 17.5. The second kappa shape index (κ2) is 7.30. The van der Waals surface area contributed by atoms with Gasteiger partial charge >= 0.3 is 5.97 Å². The molecule has 2 aromatic carbocycles. The molecule has 1 aromatic heterocycles. The van der Waals surface area contributed by atoms with Crippen LogP contribution in [-0.2, 0) is 11.2 Å². The highest BCUT2D eigenvalue weighted by atomic mass is 32.1. The Bertz CT molecular complexity index is 959. The summed E-state index contributed by atoms with van der Waals surface area (Å²) in [6.45, 7) is 6.07. The van der Waals surface area contributed by atoms with Crippen LogP contribution in [-0.4, -0.2) is 18.1 Å². The second-order valence-corrected chi connectivity index (χ2v) is 7.54. The number of nitrogen functional groups attached to an aromatic ring is 1. The lowest BCUT2D eigenvalue weighted by atomic mass is 10.0. The molecule has 26 heavy (non-hydrogen) atoms. The van der Waals surface area contributed by atoms with Crippen molar-refractivity contribution < 1.29 is 9.53 Å². The number of carbonyl (C=O) groups excluding carboxylic acids is 1. The van der Waals surface area contributed by atoms with Gasteiger partial charge in [0.2, 0.25) is 0 Å². The van der Waals surface area contributed by atoms with Crippen molar-refractivity contribution in [3.05, 3.63) is 68.5 Å². The molecule has 0 saturated carbocycles. The fraction of sp³-hybridized carbons (Fsp3) is 0.238. The zero-order valence-corrected chi connectivity index (χ0v) is 16.2. The van der Waals surface area contributed by atoms with E-state index in [-0.39, 0.29) is 5.97 Å². The van der Waals surface area contributed by atoms with Crippen LogP contribution in [0.25, 0.3) is 11.3 Å². The van der Waals surface area contributed by atoms with Crippen LogP contribution in [0.2, 0.25) is 0 Å². The Hall–Kier alpha value is -2.66. The van der Waals surface area contributed by atoms with Gasteiger partial charge in [-0.2, -0.15) is 0 Å². The highest BCUT2D eigenvalue weighted by Crippen LogP contribution is 2.31. The van der Waals surface area contributed by atoms with Gasteiger partial charge in [-0.05, 0) is 43.5 Å². The predicted octanol–water partition coefficient (Wildman–Crippen LogP) is 4.69. The van der Waals surface area contributed by atoms with E-state index in [9.17, 15) is 4.79 Å². The van der Waals surface area contributed by atoms with Gasteiger partial charge in [0.25, 0.3) is 0 Å². The van der Waals surface area contributed by atoms with Gasteiger partial charge < -0.3 is 10.5 Å². The largest absolute Gasteiger partial charge is 0.465 e. The van der Waals surface area contributed by atoms with Gasteiger partial charge in [0.1, 0.15) is 4.88 Å². The first-order valence-electron chi connectivity index (χ1n) is 8.39. The van der Waals surface area contributed by atoms with Crippen LogP contribution >= 0.6 is 11.3 Å². The Labute approximate surface area is 157 Å². The van der Waals surface area contributed by atoms with Crippen LogP contribution in [0.1, 0.15) is 36.9 Å². The van der Waals surface area contributed by atoms with E-state index in [2.05, 4.69) is 6.07 Å². The average Bonchev–Trinajstić information content (AvgIpc) is 3.03. The van der Waals surface area contributed by atoms with Crippen LogP contribution in [0.3, 0.4) is 0 Å². The number of hydrogen-bond acceptors (Lipinski definition) is 5. The summed E-state index contributed by atoms with van der Waals surface area (Å²) in [7, 11) is 1.40. The Morgan fingerprint density at radius 3 is 2.46 bits per heavy atom. The third kappa shape index (κ3) is 3.63. The molecule has 0 amide bonds. The molecule has 0 aliphatic rings. The third-order valence-electron chi connectivity index (χ3n) is 4.43. The van der Waals surface area contributed by atoms with Crippen LogP contribution < -0.4 is 5.73 Å². The molecule has 0 aliphatic carbocycles. The number of nitrogens with two attached hydrogens (primary N) is 1. The number of anilines is 1. The zero-order chi connectivity index (χ0) is 18.8. The molecule has 0 spiro atoms. The number of methoxy groups -OCH3 is 1. The standard InChI is InChI=1S/C21H22N2O2S/c1-12-5-7-15(8-6-12)19-20(21(24)25-4)26-18(23-19)11-16-9-14(3)17(22)10-13(16)2/h5-10H,11,22H2,1-4H3. The number of aromatic nitrogens is 1. The van der Waals surface area contributed by atoms with Crippen LogP contribution in [0.15, 0.2) is 36.4 Å². The van der Waals surface area contributed by atoms with Gasteiger partial charge in [-0.3, -0.25) is 0 Å². The minimum atomic E-state index is -0.352. The molecular formula is C21H22N2O2S. The predicted molar refractivity (Wildman–Crippen MR) is 107 cm³/mol. The van der Waals surface area contributed by atoms with Crippen molar-refractivity contribution in [1.29, 1.82) is 0 Å². The molecule has 3 rings (SSSR count). The smallest absolute Gasteiger partial charge is 0.350 e. The number of thiazole rings is 1. The minimum Gasteiger partial charge on any atom is -0.465 e. The summed E-state index contributed by atoms with van der Waals surface area (Å²) in [6.07, 6.45) is 0.660. The number of rotatable bonds is 4. The molecule has 5 heteroatoms. The summed E-state index contributed by atoms with van der Waals surface area (Å²) < 4.78 is 4.96. The van der Waals surface area contributed by atoms with E-state index in [0.717, 1.165) is 38.5 Å². The lowest BCUT2D eigenvalue weighted by Gasteiger charge is -2.08. The summed E-state index contributed by atoms with van der Waals surface area (Å²) in [5, 5.41) is 0.883. The van der Waals surface area contributed by atoms with Crippen molar-refractivity contribution in [3.8, 4) is 11.3 Å². The van der Waals surface area contributed by atoms with E-state index in [1.807, 2.05) is 51.1 Å². The van der Waals surface area contributed by atoms with Crippen molar-refractivity contribution >= 4 is 23.0 Å². The zero-order valence-electron chi connectivity index (χ0n) is 15.4. The van der Waals surface area contributed by atoms with Crippen LogP contribution in [0.5, 0.6) is 0 Å². The van der Waals surface area contributed by atoms with E-state index in [1.54, 1.807) is 0 Å². The number of ether oxygens (including phenoxy) is 1. The summed E-state index contributed by atoms with van der Waals surface area (Å²) in [5.41, 5.74) is 12.9. The summed E-state index contributed by atoms with van der Waals surface area (Å²) in [5.74, 6) is -0.352. The first-order chi connectivity index (χ1) is 12.4. The van der Waals surface area contributed by atoms with Crippen molar-refractivity contribution in [2.24, 2.45) is 0 Å². The summed E-state index contributed by atoms with van der Waals surface area (Å²) >= 11 is 1.39. The van der Waals surface area contributed by atoms with Gasteiger partial charge in [0.15, 0.2) is 0 Å². The lowest BCUT2D eigenvalue weighted by molar-refractivity contribution is 0.0607. The Kier molecular flexibility index (Phi) is 5.09. The van der Waals surface area contributed by atoms with E-state index in [4.69, 9.17) is 15.5 Å². The molecule has 1 heterocycles. The molecule has 0 saturated heterocycles. The maximum atomic E-state index is 12.2. The topological polar surface area (TPSA) is 65.2 Å². The molecule has 0 atom stereocenters. The number of esters is 1. The van der Waals surface area contributed by atoms with Crippen LogP contribution in [0.4, 0.5) is 5.69 Å². The third-order valence-corrected chi connectivity index (χ3v) is 5.47. The number of aryl methyl sites for hydroxylation is 3. The fourth-order valence-electron chi connectivity index (χ4n) is 2.83. The normalized spacial score (nSPS) is 10.8. The Balaban J connectivity index is 2.03. The molecule has 0 bridgehead atoms. The van der Waals surface area contributed by atoms with Crippen molar-refractivity contribution in [2.75, 3.05) is 12.8 Å². The van der Waals surface area contributed by atoms with Crippen molar-refractivity contribution in [1.82, 2.24) is 4.98 Å². The van der Waals surface area contributed by atoms with E-state index < -0.39 is 0 Å². The number of benzene rings is 2. The fourth-order valence-corrected chi connectivity index (χ4v) is 3.86. The van der Waals surface area contributed by atoms with Gasteiger partial charge in [-0.1, -0.05) is 35.9 Å². The molecular weight excluding hydrogens is 344 g/mol. The maximum absolute atomic E-state index is 12.2.